The molecular weight excluding hydrogens is 220 g/mol. The molecule has 0 aliphatic carbocycles. The summed E-state index contributed by atoms with van der Waals surface area (Å²) >= 11 is 0. The summed E-state index contributed by atoms with van der Waals surface area (Å²) in [6.45, 7) is 10.1. The number of aryl methyl sites for hydroxylation is 1. The molecule has 0 saturated heterocycles. The van der Waals surface area contributed by atoms with Crippen LogP contribution in [0.2, 0.25) is 0 Å². The summed E-state index contributed by atoms with van der Waals surface area (Å²) in [7, 11) is 0. The van der Waals surface area contributed by atoms with Gasteiger partial charge in [-0.25, -0.2) is 0 Å². The Labute approximate surface area is 112 Å². The fourth-order valence-electron chi connectivity index (χ4n) is 2.13. The molecule has 102 valence electrons. The van der Waals surface area contributed by atoms with Crippen molar-refractivity contribution in [2.75, 3.05) is 18.8 Å². The smallest absolute Gasteiger partial charge is 0.0343 e. The normalized spacial score (nSPS) is 11.1. The van der Waals surface area contributed by atoms with Gasteiger partial charge >= 0.3 is 0 Å². The second-order valence-corrected chi connectivity index (χ2v) is 5.17. The second-order valence-electron chi connectivity index (χ2n) is 5.17. The Hall–Kier alpha value is -1.02. The molecule has 2 N–H and O–H groups in total. The zero-order valence-corrected chi connectivity index (χ0v) is 12.2. The third kappa shape index (κ3) is 5.09. The van der Waals surface area contributed by atoms with Gasteiger partial charge in [-0.2, -0.15) is 0 Å². The number of hydrogen-bond acceptors (Lipinski definition) is 2. The predicted octanol–water partition coefficient (Wildman–Crippen LogP) is 3.98. The molecule has 2 heteroatoms. The van der Waals surface area contributed by atoms with Crippen LogP contribution in [0.4, 0.5) is 5.69 Å². The minimum Gasteiger partial charge on any atom is -0.399 e. The topological polar surface area (TPSA) is 29.3 Å². The number of nitrogen functional groups attached to an aromatic ring is 1. The quantitative estimate of drug-likeness (QED) is 0.705. The third-order valence-electron chi connectivity index (χ3n) is 3.40. The van der Waals surface area contributed by atoms with E-state index in [1.807, 2.05) is 6.07 Å². The minimum absolute atomic E-state index is 0.896. The van der Waals surface area contributed by atoms with Crippen LogP contribution < -0.4 is 5.73 Å². The van der Waals surface area contributed by atoms with Crippen LogP contribution in [0.1, 0.15) is 50.7 Å². The van der Waals surface area contributed by atoms with Crippen molar-refractivity contribution in [1.82, 2.24) is 4.90 Å². The second kappa shape index (κ2) is 8.15. The Morgan fingerprint density at radius 2 is 1.67 bits per heavy atom. The molecule has 18 heavy (non-hydrogen) atoms. The highest BCUT2D eigenvalue weighted by Crippen LogP contribution is 2.15. The van der Waals surface area contributed by atoms with Crippen molar-refractivity contribution in [3.63, 3.8) is 0 Å². The van der Waals surface area contributed by atoms with E-state index >= 15 is 0 Å². The lowest BCUT2D eigenvalue weighted by Gasteiger charge is -2.22. The molecule has 0 bridgehead atoms. The first kappa shape index (κ1) is 15.0. The average molecular weight is 248 g/mol. The Morgan fingerprint density at radius 1 is 1.06 bits per heavy atom. The molecular formula is C16H28N2. The van der Waals surface area contributed by atoms with E-state index in [0.29, 0.717) is 0 Å². The molecule has 0 aliphatic rings. The number of nitrogens with zero attached hydrogens (tertiary/aromatic N) is 1. The molecule has 0 atom stereocenters. The van der Waals surface area contributed by atoms with Crippen LogP contribution in [0.3, 0.4) is 0 Å². The first-order valence-electron chi connectivity index (χ1n) is 7.24. The van der Waals surface area contributed by atoms with Gasteiger partial charge in [0.15, 0.2) is 0 Å². The highest BCUT2D eigenvalue weighted by molar-refractivity contribution is 5.47. The van der Waals surface area contributed by atoms with Crippen LogP contribution in [-0.2, 0) is 6.54 Å². The van der Waals surface area contributed by atoms with E-state index in [9.17, 15) is 0 Å². The summed E-state index contributed by atoms with van der Waals surface area (Å²) in [5, 5.41) is 0. The summed E-state index contributed by atoms with van der Waals surface area (Å²) in [5.74, 6) is 0. The van der Waals surface area contributed by atoms with E-state index in [2.05, 4.69) is 37.8 Å². The van der Waals surface area contributed by atoms with Gasteiger partial charge in [0, 0.05) is 12.2 Å². The van der Waals surface area contributed by atoms with E-state index in [-0.39, 0.29) is 0 Å². The molecule has 0 saturated carbocycles. The monoisotopic (exact) mass is 248 g/mol. The van der Waals surface area contributed by atoms with Gasteiger partial charge in [0.2, 0.25) is 0 Å². The summed E-state index contributed by atoms with van der Waals surface area (Å²) in [6, 6.07) is 6.41. The van der Waals surface area contributed by atoms with Crippen LogP contribution in [0.15, 0.2) is 18.2 Å². The van der Waals surface area contributed by atoms with Crippen LogP contribution in [0.5, 0.6) is 0 Å². The van der Waals surface area contributed by atoms with Crippen molar-refractivity contribution in [3.05, 3.63) is 29.3 Å². The Balaban J connectivity index is 2.59. The highest BCUT2D eigenvalue weighted by Gasteiger charge is 2.06. The van der Waals surface area contributed by atoms with E-state index in [0.717, 1.165) is 12.2 Å². The van der Waals surface area contributed by atoms with Gasteiger partial charge in [-0.1, -0.05) is 38.8 Å². The zero-order chi connectivity index (χ0) is 13.4. The molecule has 0 heterocycles. The highest BCUT2D eigenvalue weighted by atomic mass is 15.1. The predicted molar refractivity (Wildman–Crippen MR) is 80.7 cm³/mol. The van der Waals surface area contributed by atoms with Crippen molar-refractivity contribution in [3.8, 4) is 0 Å². The lowest BCUT2D eigenvalue weighted by atomic mass is 10.1. The van der Waals surface area contributed by atoms with Crippen molar-refractivity contribution in [2.45, 2.75) is 53.0 Å². The average Bonchev–Trinajstić information content (AvgIpc) is 2.37. The summed E-state index contributed by atoms with van der Waals surface area (Å²) < 4.78 is 0. The van der Waals surface area contributed by atoms with Gasteiger partial charge in [-0.15, -0.1) is 0 Å². The number of benzene rings is 1. The fraction of sp³-hybridized carbons (Fsp3) is 0.625. The zero-order valence-electron chi connectivity index (χ0n) is 12.2. The largest absolute Gasteiger partial charge is 0.399 e. The summed E-state index contributed by atoms with van der Waals surface area (Å²) in [6.07, 6.45) is 5.11. The Morgan fingerprint density at radius 3 is 2.17 bits per heavy atom. The maximum Gasteiger partial charge on any atom is 0.0343 e. The molecule has 0 spiro atoms. The van der Waals surface area contributed by atoms with Crippen molar-refractivity contribution in [1.29, 1.82) is 0 Å². The molecule has 1 aromatic rings. The molecule has 2 nitrogen and oxygen atoms in total. The number of nitrogens with two attached hydrogens (primary N) is 1. The summed E-state index contributed by atoms with van der Waals surface area (Å²) in [4.78, 5) is 2.57. The van der Waals surface area contributed by atoms with Gasteiger partial charge in [-0.3, -0.25) is 4.90 Å². The number of anilines is 1. The standard InChI is InChI=1S/C16H28N2/c1-4-6-10-18(11-7-5-2)13-15-8-9-16(17)14(3)12-15/h8-9,12H,4-7,10-11,13,17H2,1-3H3. The van der Waals surface area contributed by atoms with Gasteiger partial charge in [0.05, 0.1) is 0 Å². The molecule has 0 radical (unpaired) electrons. The van der Waals surface area contributed by atoms with Crippen LogP contribution in [0.25, 0.3) is 0 Å². The third-order valence-corrected chi connectivity index (χ3v) is 3.40. The van der Waals surface area contributed by atoms with Gasteiger partial charge in [0.25, 0.3) is 0 Å². The lowest BCUT2D eigenvalue weighted by molar-refractivity contribution is 0.257. The molecule has 0 unspecified atom stereocenters. The van der Waals surface area contributed by atoms with Gasteiger partial charge in [0.1, 0.15) is 0 Å². The molecule has 1 rings (SSSR count). The number of unbranched alkanes of at least 4 members (excludes halogenated alkanes) is 2. The van der Waals surface area contributed by atoms with E-state index in [1.165, 1.54) is 49.9 Å². The maximum atomic E-state index is 5.87. The molecule has 0 aromatic heterocycles. The fourth-order valence-corrected chi connectivity index (χ4v) is 2.13. The molecule has 0 amide bonds. The van der Waals surface area contributed by atoms with E-state index < -0.39 is 0 Å². The SMILES string of the molecule is CCCCN(CCCC)Cc1ccc(N)c(C)c1. The van der Waals surface area contributed by atoms with Crippen LogP contribution >= 0.6 is 0 Å². The van der Waals surface area contributed by atoms with Crippen molar-refractivity contribution in [2.24, 2.45) is 0 Å². The van der Waals surface area contributed by atoms with Crippen molar-refractivity contribution < 1.29 is 0 Å². The number of hydrogen-bond donors (Lipinski definition) is 1. The lowest BCUT2D eigenvalue weighted by Crippen LogP contribution is -2.25. The van der Waals surface area contributed by atoms with Gasteiger partial charge < -0.3 is 5.73 Å². The number of rotatable bonds is 8. The van der Waals surface area contributed by atoms with Gasteiger partial charge in [-0.05, 0) is 50.0 Å². The first-order chi connectivity index (χ1) is 8.67. The van der Waals surface area contributed by atoms with Crippen LogP contribution in [0, 0.1) is 6.92 Å². The van der Waals surface area contributed by atoms with E-state index in [1.54, 1.807) is 0 Å². The van der Waals surface area contributed by atoms with Crippen molar-refractivity contribution >= 4 is 5.69 Å². The Kier molecular flexibility index (Phi) is 6.81. The minimum atomic E-state index is 0.896. The Bertz CT molecular complexity index is 339. The van der Waals surface area contributed by atoms with Crippen LogP contribution in [-0.4, -0.2) is 18.0 Å². The molecule has 0 fully saturated rings. The van der Waals surface area contributed by atoms with E-state index in [4.69, 9.17) is 5.73 Å². The molecule has 0 aliphatic heterocycles. The first-order valence-corrected chi connectivity index (χ1v) is 7.24. The summed E-state index contributed by atoms with van der Waals surface area (Å²) in [5.41, 5.74) is 9.34. The maximum absolute atomic E-state index is 5.87. The molecule has 1 aromatic carbocycles.